The number of thiophene rings is 1. The highest BCUT2D eigenvalue weighted by molar-refractivity contribution is 7.19. The Morgan fingerprint density at radius 3 is 2.51 bits per heavy atom. The third-order valence-corrected chi connectivity index (χ3v) is 9.63. The number of benzene rings is 2. The maximum Gasteiger partial charge on any atom is 0.224 e. The van der Waals surface area contributed by atoms with Gasteiger partial charge >= 0.3 is 0 Å². The van der Waals surface area contributed by atoms with E-state index in [1.165, 1.54) is 27.1 Å². The molecule has 45 heavy (non-hydrogen) atoms. The smallest absolute Gasteiger partial charge is 0.224 e. The number of rotatable bonds is 7. The lowest BCUT2D eigenvalue weighted by Crippen LogP contribution is -2.40. The van der Waals surface area contributed by atoms with E-state index in [1.54, 1.807) is 30.7 Å². The van der Waals surface area contributed by atoms with E-state index in [0.717, 1.165) is 66.3 Å². The maximum atomic E-state index is 12.2. The van der Waals surface area contributed by atoms with Gasteiger partial charge in [0.25, 0.3) is 0 Å². The molecule has 3 aromatic heterocycles. The Bertz CT molecular complexity index is 1830. The Hall–Kier alpha value is -4.45. The highest BCUT2D eigenvalue weighted by Gasteiger charge is 2.26. The predicted octanol–water partition coefficient (Wildman–Crippen LogP) is 5.21. The van der Waals surface area contributed by atoms with E-state index in [2.05, 4.69) is 75.6 Å². The molecular formula is C34H36N8O2S. The molecule has 11 heteroatoms. The normalized spacial score (nSPS) is 16.6. The van der Waals surface area contributed by atoms with Crippen LogP contribution < -0.4 is 20.9 Å². The molecule has 2 aliphatic heterocycles. The van der Waals surface area contributed by atoms with Gasteiger partial charge in [-0.25, -0.2) is 19.9 Å². The molecule has 5 aromatic rings. The lowest BCUT2D eigenvalue weighted by molar-refractivity contribution is -0.117. The molecule has 0 spiro atoms. The number of hydrogen-bond donors (Lipinski definition) is 2. The molecule has 2 aliphatic rings. The van der Waals surface area contributed by atoms with E-state index in [-0.39, 0.29) is 17.9 Å². The zero-order valence-electron chi connectivity index (χ0n) is 25.5. The molecule has 7 rings (SSSR count). The van der Waals surface area contributed by atoms with Crippen LogP contribution in [0.25, 0.3) is 32.7 Å². The summed E-state index contributed by atoms with van der Waals surface area (Å²) < 4.78 is 6.67. The van der Waals surface area contributed by atoms with E-state index in [4.69, 9.17) is 20.4 Å². The molecule has 1 saturated heterocycles. The molecular weight excluding hydrogens is 584 g/mol. The minimum Gasteiger partial charge on any atom is -0.378 e. The van der Waals surface area contributed by atoms with Gasteiger partial charge in [-0.15, -0.1) is 11.3 Å². The molecule has 1 amide bonds. The van der Waals surface area contributed by atoms with Crippen LogP contribution in [0.3, 0.4) is 0 Å². The summed E-state index contributed by atoms with van der Waals surface area (Å²) in [6.45, 7) is 8.17. The number of nitrogen functional groups attached to an aromatic ring is 1. The van der Waals surface area contributed by atoms with E-state index in [9.17, 15) is 4.79 Å². The molecule has 0 aliphatic carbocycles. The predicted molar refractivity (Wildman–Crippen MR) is 179 cm³/mol. The van der Waals surface area contributed by atoms with Gasteiger partial charge in [0, 0.05) is 62.1 Å². The number of morpholine rings is 1. The summed E-state index contributed by atoms with van der Waals surface area (Å²) in [4.78, 5) is 35.7. The Morgan fingerprint density at radius 2 is 1.76 bits per heavy atom. The SMILES string of the molecule is CC(=O)N1c2ccc(-c3ccc(CNCc4cc5nc(-c6cnc(N)nc6)nc(N6CCOCC6)c5s4)cc3)cc2CC[C@@H]1C. The lowest BCUT2D eigenvalue weighted by atomic mass is 9.93. The van der Waals surface area contributed by atoms with Gasteiger partial charge in [0.1, 0.15) is 0 Å². The van der Waals surface area contributed by atoms with Gasteiger partial charge < -0.3 is 25.6 Å². The van der Waals surface area contributed by atoms with Crippen LogP contribution in [0.5, 0.6) is 0 Å². The number of ether oxygens (including phenoxy) is 1. The molecule has 0 unspecified atom stereocenters. The monoisotopic (exact) mass is 620 g/mol. The summed E-state index contributed by atoms with van der Waals surface area (Å²) in [7, 11) is 0. The number of carbonyl (C=O) groups is 1. The first-order chi connectivity index (χ1) is 21.9. The van der Waals surface area contributed by atoms with Crippen LogP contribution in [0.2, 0.25) is 0 Å². The Balaban J connectivity index is 1.05. The summed E-state index contributed by atoms with van der Waals surface area (Å²) in [5, 5.41) is 3.61. The summed E-state index contributed by atoms with van der Waals surface area (Å²) in [5.74, 6) is 1.84. The van der Waals surface area contributed by atoms with Crippen LogP contribution in [0.4, 0.5) is 17.5 Å². The van der Waals surface area contributed by atoms with E-state index in [0.29, 0.717) is 19.0 Å². The second-order valence-electron chi connectivity index (χ2n) is 11.6. The topological polar surface area (TPSA) is 122 Å². The van der Waals surface area contributed by atoms with Gasteiger partial charge in [-0.2, -0.15) is 0 Å². The van der Waals surface area contributed by atoms with E-state index in [1.807, 2.05) is 4.90 Å². The van der Waals surface area contributed by atoms with Crippen LogP contribution in [0, 0.1) is 0 Å². The van der Waals surface area contributed by atoms with Crippen molar-refractivity contribution in [2.45, 2.75) is 45.8 Å². The van der Waals surface area contributed by atoms with E-state index >= 15 is 0 Å². The number of anilines is 3. The number of fused-ring (bicyclic) bond motifs is 2. The number of carbonyl (C=O) groups excluding carboxylic acids is 1. The molecule has 0 saturated carbocycles. The Labute approximate surface area is 266 Å². The molecule has 2 aromatic carbocycles. The van der Waals surface area contributed by atoms with Crippen molar-refractivity contribution in [3.05, 3.63) is 76.9 Å². The second kappa shape index (κ2) is 12.5. The van der Waals surface area contributed by atoms with Crippen LogP contribution in [0.15, 0.2) is 60.9 Å². The molecule has 1 atom stereocenters. The highest BCUT2D eigenvalue weighted by atomic mass is 32.1. The summed E-state index contributed by atoms with van der Waals surface area (Å²) in [5.41, 5.74) is 13.2. The molecule has 10 nitrogen and oxygen atoms in total. The molecule has 3 N–H and O–H groups in total. The van der Waals surface area contributed by atoms with Crippen molar-refractivity contribution >= 4 is 44.9 Å². The molecule has 0 radical (unpaired) electrons. The zero-order valence-corrected chi connectivity index (χ0v) is 26.3. The van der Waals surface area contributed by atoms with Gasteiger partial charge in [-0.05, 0) is 60.2 Å². The standard InChI is InChI=1S/C34H36N8O2S/c1-21-3-6-26-15-25(9-10-30(26)42(21)22(2)43)24-7-4-23(5-8-24)17-36-20-28-16-29-31(45-28)33(41-11-13-44-14-12-41)40-32(39-29)27-18-37-34(35)38-19-27/h4-5,7-10,15-16,18-19,21,36H,3,6,11-14,17,20H2,1-2H3,(H2,35,37,38)/t21-/m0/s1. The molecule has 1 fully saturated rings. The van der Waals surface area contributed by atoms with Crippen molar-refractivity contribution in [3.63, 3.8) is 0 Å². The summed E-state index contributed by atoms with van der Waals surface area (Å²) in [6, 6.07) is 17.6. The fraction of sp³-hybridized carbons (Fsp3) is 0.324. The summed E-state index contributed by atoms with van der Waals surface area (Å²) >= 11 is 1.73. The Kier molecular flexibility index (Phi) is 8.14. The number of hydrogen-bond acceptors (Lipinski definition) is 10. The third kappa shape index (κ3) is 6.11. The van der Waals surface area contributed by atoms with Crippen molar-refractivity contribution < 1.29 is 9.53 Å². The minimum atomic E-state index is 0.104. The average Bonchev–Trinajstić information content (AvgIpc) is 3.48. The summed E-state index contributed by atoms with van der Waals surface area (Å²) in [6.07, 6.45) is 5.31. The van der Waals surface area contributed by atoms with Crippen molar-refractivity contribution in [1.29, 1.82) is 0 Å². The number of nitrogens with two attached hydrogens (primary N) is 1. The van der Waals surface area contributed by atoms with Gasteiger partial charge in [-0.1, -0.05) is 30.3 Å². The number of amides is 1. The largest absolute Gasteiger partial charge is 0.378 e. The van der Waals surface area contributed by atoms with Crippen LogP contribution in [0.1, 0.15) is 36.3 Å². The lowest BCUT2D eigenvalue weighted by Gasteiger charge is -2.34. The number of nitrogens with one attached hydrogen (secondary N) is 1. The first kappa shape index (κ1) is 29.3. The minimum absolute atomic E-state index is 0.104. The van der Waals surface area contributed by atoms with Crippen molar-refractivity contribution in [2.75, 3.05) is 41.8 Å². The van der Waals surface area contributed by atoms with Gasteiger partial charge in [0.05, 0.1) is 29.0 Å². The highest BCUT2D eigenvalue weighted by Crippen LogP contribution is 2.36. The molecule has 0 bridgehead atoms. The molecule has 5 heterocycles. The Morgan fingerprint density at radius 1 is 1.00 bits per heavy atom. The van der Waals surface area contributed by atoms with Crippen LogP contribution in [-0.4, -0.2) is 58.2 Å². The number of aryl methyl sites for hydroxylation is 1. The number of nitrogens with zero attached hydrogens (tertiary/aromatic N) is 6. The van der Waals surface area contributed by atoms with Crippen molar-refractivity contribution in [2.24, 2.45) is 0 Å². The van der Waals surface area contributed by atoms with E-state index < -0.39 is 0 Å². The van der Waals surface area contributed by atoms with Gasteiger partial charge in [0.2, 0.25) is 11.9 Å². The molecule has 230 valence electrons. The average molecular weight is 621 g/mol. The maximum absolute atomic E-state index is 12.2. The van der Waals surface area contributed by atoms with Crippen molar-refractivity contribution in [3.8, 4) is 22.5 Å². The van der Waals surface area contributed by atoms with Crippen LogP contribution in [-0.2, 0) is 29.0 Å². The quantitative estimate of drug-likeness (QED) is 0.252. The number of aromatic nitrogens is 4. The second-order valence-corrected chi connectivity index (χ2v) is 12.8. The van der Waals surface area contributed by atoms with Gasteiger partial charge in [-0.3, -0.25) is 4.79 Å². The van der Waals surface area contributed by atoms with Crippen molar-refractivity contribution in [1.82, 2.24) is 25.3 Å². The fourth-order valence-electron chi connectivity index (χ4n) is 6.18. The third-order valence-electron chi connectivity index (χ3n) is 8.51. The van der Waals surface area contributed by atoms with Gasteiger partial charge in [0.15, 0.2) is 11.6 Å². The fourth-order valence-corrected chi connectivity index (χ4v) is 7.26. The zero-order chi connectivity index (χ0) is 30.9. The first-order valence-corrected chi connectivity index (χ1v) is 16.2. The first-order valence-electron chi connectivity index (χ1n) is 15.4. The van der Waals surface area contributed by atoms with Crippen LogP contribution >= 0.6 is 11.3 Å².